The molecule has 2 heterocycles. The van der Waals surface area contributed by atoms with Crippen molar-refractivity contribution in [2.24, 2.45) is 5.92 Å². The minimum Gasteiger partial charge on any atom is -0.346 e. The van der Waals surface area contributed by atoms with Crippen molar-refractivity contribution in [3.05, 3.63) is 59.9 Å². The van der Waals surface area contributed by atoms with Gasteiger partial charge in [0.15, 0.2) is 0 Å². The molecular formula is C20H22N4O. The number of aromatic nitrogens is 2. The summed E-state index contributed by atoms with van der Waals surface area (Å²) in [5.74, 6) is 0.373. The summed E-state index contributed by atoms with van der Waals surface area (Å²) in [5.41, 5.74) is 4.22. The van der Waals surface area contributed by atoms with Crippen LogP contribution >= 0.6 is 0 Å². The Morgan fingerprint density at radius 1 is 1.24 bits per heavy atom. The van der Waals surface area contributed by atoms with Crippen LogP contribution in [0.1, 0.15) is 36.9 Å². The number of nitrogens with one attached hydrogen (secondary N) is 3. The summed E-state index contributed by atoms with van der Waals surface area (Å²) in [4.78, 5) is 19.3. The molecule has 0 radical (unpaired) electrons. The van der Waals surface area contributed by atoms with E-state index in [1.54, 1.807) is 0 Å². The topological polar surface area (TPSA) is 69.8 Å². The van der Waals surface area contributed by atoms with Gasteiger partial charge in [0.2, 0.25) is 5.91 Å². The largest absolute Gasteiger partial charge is 0.346 e. The van der Waals surface area contributed by atoms with Gasteiger partial charge in [-0.15, -0.1) is 0 Å². The Kier molecular flexibility index (Phi) is 4.24. The number of benzene rings is 1. The number of carbonyl (C=O) groups is 1. The van der Waals surface area contributed by atoms with Crippen LogP contribution in [0.2, 0.25) is 0 Å². The van der Waals surface area contributed by atoms with Crippen molar-refractivity contribution in [3.8, 4) is 0 Å². The van der Waals surface area contributed by atoms with Gasteiger partial charge in [0.25, 0.3) is 0 Å². The van der Waals surface area contributed by atoms with Crippen LogP contribution in [0.3, 0.4) is 0 Å². The summed E-state index contributed by atoms with van der Waals surface area (Å²) in [6.45, 7) is 2.92. The molecule has 1 aliphatic carbocycles. The fraction of sp³-hybridized carbons (Fsp3) is 0.300. The lowest BCUT2D eigenvalue weighted by molar-refractivity contribution is -0.117. The Bertz CT molecular complexity index is 880. The third kappa shape index (κ3) is 3.56. The van der Waals surface area contributed by atoms with Gasteiger partial charge >= 0.3 is 0 Å². The van der Waals surface area contributed by atoms with Gasteiger partial charge in [-0.1, -0.05) is 12.1 Å². The Hall–Kier alpha value is -2.66. The van der Waals surface area contributed by atoms with Gasteiger partial charge < -0.3 is 15.6 Å². The first-order valence-electron chi connectivity index (χ1n) is 8.76. The molecule has 1 amide bonds. The van der Waals surface area contributed by atoms with Crippen LogP contribution < -0.4 is 10.6 Å². The molecule has 1 saturated carbocycles. The fourth-order valence-electron chi connectivity index (χ4n) is 3.00. The van der Waals surface area contributed by atoms with Crippen molar-refractivity contribution in [3.63, 3.8) is 0 Å². The van der Waals surface area contributed by atoms with E-state index < -0.39 is 0 Å². The van der Waals surface area contributed by atoms with Crippen LogP contribution in [0.25, 0.3) is 11.0 Å². The van der Waals surface area contributed by atoms with Gasteiger partial charge in [0, 0.05) is 42.0 Å². The van der Waals surface area contributed by atoms with Crippen molar-refractivity contribution in [1.29, 1.82) is 0 Å². The van der Waals surface area contributed by atoms with Gasteiger partial charge in [-0.2, -0.15) is 0 Å². The normalized spacial score (nSPS) is 15.2. The summed E-state index contributed by atoms with van der Waals surface area (Å²) in [6, 6.07) is 12.4. The molecule has 0 aliphatic heterocycles. The number of amides is 1. The van der Waals surface area contributed by atoms with E-state index in [0.29, 0.717) is 0 Å². The van der Waals surface area contributed by atoms with Gasteiger partial charge in [-0.05, 0) is 55.2 Å². The number of pyridine rings is 1. The molecule has 4 rings (SSSR count). The highest BCUT2D eigenvalue weighted by molar-refractivity contribution is 5.94. The lowest BCUT2D eigenvalue weighted by Gasteiger charge is -2.15. The average Bonchev–Trinajstić information content (AvgIpc) is 3.37. The summed E-state index contributed by atoms with van der Waals surface area (Å²) in [7, 11) is 0. The van der Waals surface area contributed by atoms with Crippen LogP contribution in [0.15, 0.2) is 48.8 Å². The summed E-state index contributed by atoms with van der Waals surface area (Å²) in [5, 5.41) is 7.68. The molecule has 3 aromatic rings. The molecule has 2 aromatic heterocycles. The standard InChI is InChI=1S/C20H22N4O/c1-13(23-12-16-8-10-21-19-18(16)9-11-22-19)14-4-6-17(7-5-14)24-20(25)15-2-3-15/h4-11,13,15,23H,2-3,12H2,1H3,(H,21,22)(H,24,25)/t13-/m0/s1. The van der Waals surface area contributed by atoms with Gasteiger partial charge in [-0.3, -0.25) is 4.79 Å². The van der Waals surface area contributed by atoms with E-state index in [0.717, 1.165) is 36.1 Å². The number of hydrogen-bond donors (Lipinski definition) is 3. The van der Waals surface area contributed by atoms with Crippen molar-refractivity contribution in [2.45, 2.75) is 32.4 Å². The van der Waals surface area contributed by atoms with E-state index in [1.807, 2.05) is 30.6 Å². The third-order valence-corrected chi connectivity index (χ3v) is 4.78. The van der Waals surface area contributed by atoms with E-state index in [9.17, 15) is 4.79 Å². The van der Waals surface area contributed by atoms with Crippen molar-refractivity contribution in [1.82, 2.24) is 15.3 Å². The predicted octanol–water partition coefficient (Wildman–Crippen LogP) is 3.76. The van der Waals surface area contributed by atoms with E-state index in [-0.39, 0.29) is 17.9 Å². The highest BCUT2D eigenvalue weighted by atomic mass is 16.2. The zero-order chi connectivity index (χ0) is 17.2. The number of hydrogen-bond acceptors (Lipinski definition) is 3. The maximum atomic E-state index is 11.8. The molecule has 1 atom stereocenters. The third-order valence-electron chi connectivity index (χ3n) is 4.78. The Labute approximate surface area is 146 Å². The molecule has 5 heteroatoms. The second-order valence-corrected chi connectivity index (χ2v) is 6.70. The van der Waals surface area contributed by atoms with Crippen LogP contribution in [-0.4, -0.2) is 15.9 Å². The molecule has 25 heavy (non-hydrogen) atoms. The molecule has 0 unspecified atom stereocenters. The van der Waals surface area contributed by atoms with Crippen molar-refractivity contribution in [2.75, 3.05) is 5.32 Å². The first kappa shape index (κ1) is 15.8. The molecule has 128 valence electrons. The van der Waals surface area contributed by atoms with Crippen molar-refractivity contribution < 1.29 is 4.79 Å². The zero-order valence-corrected chi connectivity index (χ0v) is 14.3. The minimum atomic E-state index is 0.145. The Morgan fingerprint density at radius 3 is 2.80 bits per heavy atom. The van der Waals surface area contributed by atoms with Gasteiger partial charge in [0.1, 0.15) is 5.65 Å². The SMILES string of the molecule is C[C@H](NCc1ccnc2[nH]ccc12)c1ccc(NC(=O)C2CC2)cc1. The molecule has 1 fully saturated rings. The Balaban J connectivity index is 1.38. The lowest BCUT2D eigenvalue weighted by atomic mass is 10.1. The molecule has 0 spiro atoms. The summed E-state index contributed by atoms with van der Waals surface area (Å²) >= 11 is 0. The van der Waals surface area contributed by atoms with Crippen LogP contribution in [0.5, 0.6) is 0 Å². The molecule has 0 saturated heterocycles. The predicted molar refractivity (Wildman–Crippen MR) is 99.1 cm³/mol. The van der Waals surface area contributed by atoms with E-state index in [4.69, 9.17) is 0 Å². The first-order chi connectivity index (χ1) is 12.2. The van der Waals surface area contributed by atoms with Crippen LogP contribution in [0, 0.1) is 5.92 Å². The Morgan fingerprint density at radius 2 is 2.04 bits per heavy atom. The second-order valence-electron chi connectivity index (χ2n) is 6.70. The van der Waals surface area contributed by atoms with Gasteiger partial charge in [-0.25, -0.2) is 4.98 Å². The lowest BCUT2D eigenvalue weighted by Crippen LogP contribution is -2.18. The molecule has 3 N–H and O–H groups in total. The smallest absolute Gasteiger partial charge is 0.227 e. The number of aromatic amines is 1. The average molecular weight is 334 g/mol. The molecule has 0 bridgehead atoms. The first-order valence-corrected chi connectivity index (χ1v) is 8.76. The van der Waals surface area contributed by atoms with Gasteiger partial charge in [0.05, 0.1) is 0 Å². The number of fused-ring (bicyclic) bond motifs is 1. The van der Waals surface area contributed by atoms with E-state index in [1.165, 1.54) is 11.1 Å². The second kappa shape index (κ2) is 6.69. The fourth-order valence-corrected chi connectivity index (χ4v) is 3.00. The molecular weight excluding hydrogens is 312 g/mol. The number of H-pyrrole nitrogens is 1. The highest BCUT2D eigenvalue weighted by Gasteiger charge is 2.29. The number of nitrogens with zero attached hydrogens (tertiary/aromatic N) is 1. The highest BCUT2D eigenvalue weighted by Crippen LogP contribution is 2.30. The maximum absolute atomic E-state index is 11.8. The maximum Gasteiger partial charge on any atom is 0.227 e. The summed E-state index contributed by atoms with van der Waals surface area (Å²) < 4.78 is 0. The number of carbonyl (C=O) groups excluding carboxylic acids is 1. The molecule has 1 aliphatic rings. The van der Waals surface area contributed by atoms with E-state index in [2.05, 4.69) is 45.7 Å². The van der Waals surface area contributed by atoms with E-state index >= 15 is 0 Å². The number of anilines is 1. The van der Waals surface area contributed by atoms with Crippen LogP contribution in [0.4, 0.5) is 5.69 Å². The molecule has 5 nitrogen and oxygen atoms in total. The monoisotopic (exact) mass is 334 g/mol. The zero-order valence-electron chi connectivity index (χ0n) is 14.3. The van der Waals surface area contributed by atoms with Crippen LogP contribution in [-0.2, 0) is 11.3 Å². The number of rotatable bonds is 6. The quantitative estimate of drug-likeness (QED) is 0.643. The summed E-state index contributed by atoms with van der Waals surface area (Å²) in [6.07, 6.45) is 5.79. The molecule has 1 aromatic carbocycles. The minimum absolute atomic E-state index is 0.145. The van der Waals surface area contributed by atoms with Crippen molar-refractivity contribution >= 4 is 22.6 Å².